The van der Waals surface area contributed by atoms with Crippen LogP contribution in [0.5, 0.6) is 5.75 Å². The van der Waals surface area contributed by atoms with Gasteiger partial charge in [-0.2, -0.15) is 5.10 Å². The molecule has 5 rings (SSSR count). The standard InChI is InChI=1S/C23H20F2N4O2S/c24-14-4-6-18(17(25)11-14)29-23(26-13-27-29)21-12-16-20(32-21)8-10-31-19-7-5-15(28-22(16)19)3-1-2-9-30/h4-7,11-13,30H,1-3,8-10H2. The highest BCUT2D eigenvalue weighted by molar-refractivity contribution is 7.16. The zero-order valence-electron chi connectivity index (χ0n) is 17.1. The number of aliphatic hydroxyl groups is 1. The summed E-state index contributed by atoms with van der Waals surface area (Å²) in [7, 11) is 0. The van der Waals surface area contributed by atoms with E-state index in [2.05, 4.69) is 10.1 Å². The fraction of sp³-hybridized carbons (Fsp3) is 0.261. The van der Waals surface area contributed by atoms with Crippen LogP contribution in [0.15, 0.2) is 42.7 Å². The Morgan fingerprint density at radius 3 is 2.88 bits per heavy atom. The highest BCUT2D eigenvalue weighted by Gasteiger charge is 2.23. The number of hydrogen-bond donors (Lipinski definition) is 1. The van der Waals surface area contributed by atoms with Crippen molar-refractivity contribution in [1.82, 2.24) is 19.7 Å². The minimum Gasteiger partial charge on any atom is -0.491 e. The van der Waals surface area contributed by atoms with Crippen LogP contribution in [0, 0.1) is 11.6 Å². The summed E-state index contributed by atoms with van der Waals surface area (Å²) < 4.78 is 35.0. The molecule has 0 fully saturated rings. The second-order valence-corrected chi connectivity index (χ2v) is 8.60. The Morgan fingerprint density at radius 2 is 2.03 bits per heavy atom. The third-order valence-corrected chi connectivity index (χ3v) is 6.50. The number of hydrogen-bond acceptors (Lipinski definition) is 6. The minimum absolute atomic E-state index is 0.135. The molecule has 0 saturated heterocycles. The molecular weight excluding hydrogens is 434 g/mol. The van der Waals surface area contributed by atoms with E-state index >= 15 is 0 Å². The molecule has 4 aromatic rings. The number of pyridine rings is 1. The Labute approximate surface area is 187 Å². The number of fused-ring (bicyclic) bond motifs is 3. The Balaban J connectivity index is 1.55. The van der Waals surface area contributed by atoms with Crippen LogP contribution < -0.4 is 4.74 Å². The summed E-state index contributed by atoms with van der Waals surface area (Å²) in [5.74, 6) is -0.142. The molecule has 4 heterocycles. The number of rotatable bonds is 6. The second kappa shape index (κ2) is 8.76. The SMILES string of the molecule is OCCCCc1ccc2c(n1)-c1cc(-c3ncnn3-c3ccc(F)cc3F)sc1CCO2. The highest BCUT2D eigenvalue weighted by atomic mass is 32.1. The number of aromatic nitrogens is 4. The van der Waals surface area contributed by atoms with E-state index in [4.69, 9.17) is 14.8 Å². The number of thiophene rings is 1. The number of nitrogens with zero attached hydrogens (tertiary/aromatic N) is 4. The Morgan fingerprint density at radius 1 is 1.12 bits per heavy atom. The third-order valence-electron chi connectivity index (χ3n) is 5.31. The molecule has 1 N–H and O–H groups in total. The molecule has 0 atom stereocenters. The predicted molar refractivity (Wildman–Crippen MR) is 117 cm³/mol. The van der Waals surface area contributed by atoms with Gasteiger partial charge in [-0.25, -0.2) is 23.4 Å². The van der Waals surface area contributed by atoms with E-state index in [9.17, 15) is 8.78 Å². The Bertz CT molecular complexity index is 1270. The lowest BCUT2D eigenvalue weighted by Crippen LogP contribution is -2.02. The first-order valence-electron chi connectivity index (χ1n) is 10.4. The third kappa shape index (κ3) is 3.89. The zero-order chi connectivity index (χ0) is 22.1. The fourth-order valence-corrected chi connectivity index (χ4v) is 4.89. The van der Waals surface area contributed by atoms with Gasteiger partial charge in [0, 0.05) is 35.2 Å². The second-order valence-electron chi connectivity index (χ2n) is 7.47. The molecule has 0 saturated carbocycles. The molecule has 0 unspecified atom stereocenters. The molecule has 0 radical (unpaired) electrons. The molecule has 0 aliphatic carbocycles. The summed E-state index contributed by atoms with van der Waals surface area (Å²) in [6.07, 6.45) is 4.45. The van der Waals surface area contributed by atoms with E-state index in [0.717, 1.165) is 64.2 Å². The van der Waals surface area contributed by atoms with E-state index in [1.54, 1.807) is 11.3 Å². The molecule has 1 aromatic carbocycles. The van der Waals surface area contributed by atoms with E-state index < -0.39 is 11.6 Å². The topological polar surface area (TPSA) is 73.1 Å². The molecule has 1 aliphatic heterocycles. The first-order valence-corrected chi connectivity index (χ1v) is 11.2. The molecule has 3 aromatic heterocycles. The number of unbranched alkanes of at least 4 members (excludes halogenated alkanes) is 1. The number of benzene rings is 1. The van der Waals surface area contributed by atoms with Gasteiger partial charge in [-0.3, -0.25) is 0 Å². The van der Waals surface area contributed by atoms with Crippen LogP contribution in [0.3, 0.4) is 0 Å². The largest absolute Gasteiger partial charge is 0.491 e. The maximum atomic E-state index is 14.4. The quantitative estimate of drug-likeness (QED) is 0.432. The predicted octanol–water partition coefficient (Wildman–Crippen LogP) is 4.59. The first kappa shape index (κ1) is 20.7. The van der Waals surface area contributed by atoms with Gasteiger partial charge >= 0.3 is 0 Å². The van der Waals surface area contributed by atoms with Crippen molar-refractivity contribution in [2.45, 2.75) is 25.7 Å². The smallest absolute Gasteiger partial charge is 0.173 e. The monoisotopic (exact) mass is 454 g/mol. The van der Waals surface area contributed by atoms with Crippen molar-refractivity contribution in [3.63, 3.8) is 0 Å². The maximum absolute atomic E-state index is 14.4. The van der Waals surface area contributed by atoms with Crippen molar-refractivity contribution in [2.75, 3.05) is 13.2 Å². The van der Waals surface area contributed by atoms with Gasteiger partial charge in [0.2, 0.25) is 0 Å². The average Bonchev–Trinajstić information content (AvgIpc) is 3.38. The highest BCUT2D eigenvalue weighted by Crippen LogP contribution is 2.42. The summed E-state index contributed by atoms with van der Waals surface area (Å²) >= 11 is 1.54. The number of halogens is 2. The summed E-state index contributed by atoms with van der Waals surface area (Å²) in [5.41, 5.74) is 2.82. The summed E-state index contributed by atoms with van der Waals surface area (Å²) in [4.78, 5) is 11.1. The first-order chi connectivity index (χ1) is 15.6. The lowest BCUT2D eigenvalue weighted by atomic mass is 10.1. The lowest BCUT2D eigenvalue weighted by molar-refractivity contribution is 0.284. The van der Waals surface area contributed by atoms with Crippen molar-refractivity contribution in [1.29, 1.82) is 0 Å². The van der Waals surface area contributed by atoms with Gasteiger partial charge in [0.25, 0.3) is 0 Å². The van der Waals surface area contributed by atoms with Crippen LogP contribution >= 0.6 is 11.3 Å². The Kier molecular flexibility index (Phi) is 5.67. The maximum Gasteiger partial charge on any atom is 0.173 e. The van der Waals surface area contributed by atoms with Gasteiger partial charge in [-0.1, -0.05) is 0 Å². The number of aryl methyl sites for hydroxylation is 1. The van der Waals surface area contributed by atoms with Gasteiger partial charge in [-0.05, 0) is 49.6 Å². The fourth-order valence-electron chi connectivity index (χ4n) is 3.77. The molecule has 32 heavy (non-hydrogen) atoms. The van der Waals surface area contributed by atoms with Gasteiger partial charge < -0.3 is 9.84 Å². The van der Waals surface area contributed by atoms with Crippen molar-refractivity contribution < 1.29 is 18.6 Å². The summed E-state index contributed by atoms with van der Waals surface area (Å²) in [6, 6.07) is 9.27. The number of aliphatic hydroxyl groups excluding tert-OH is 1. The van der Waals surface area contributed by atoms with Crippen LogP contribution in [-0.2, 0) is 12.8 Å². The molecule has 164 valence electrons. The molecule has 6 nitrogen and oxygen atoms in total. The lowest BCUT2D eigenvalue weighted by Gasteiger charge is -2.09. The average molecular weight is 455 g/mol. The van der Waals surface area contributed by atoms with Crippen molar-refractivity contribution >= 4 is 11.3 Å². The Hall–Kier alpha value is -3.17. The van der Waals surface area contributed by atoms with Crippen LogP contribution in [0.2, 0.25) is 0 Å². The minimum atomic E-state index is -0.706. The number of ether oxygens (including phenoxy) is 1. The van der Waals surface area contributed by atoms with E-state index in [1.165, 1.54) is 23.1 Å². The van der Waals surface area contributed by atoms with E-state index in [-0.39, 0.29) is 12.3 Å². The van der Waals surface area contributed by atoms with Gasteiger partial charge in [-0.15, -0.1) is 11.3 Å². The normalized spacial score (nSPS) is 12.7. The molecule has 9 heteroatoms. The van der Waals surface area contributed by atoms with Gasteiger partial charge in [0.1, 0.15) is 29.3 Å². The van der Waals surface area contributed by atoms with Crippen LogP contribution in [-0.4, -0.2) is 38.1 Å². The summed E-state index contributed by atoms with van der Waals surface area (Å²) in [6.45, 7) is 0.701. The summed E-state index contributed by atoms with van der Waals surface area (Å²) in [5, 5.41) is 13.2. The van der Waals surface area contributed by atoms with E-state index in [0.29, 0.717) is 12.4 Å². The molecule has 0 spiro atoms. The molecule has 0 amide bonds. The van der Waals surface area contributed by atoms with Crippen molar-refractivity contribution in [3.05, 3.63) is 64.9 Å². The van der Waals surface area contributed by atoms with Crippen molar-refractivity contribution in [3.8, 4) is 33.4 Å². The van der Waals surface area contributed by atoms with Crippen LogP contribution in [0.4, 0.5) is 8.78 Å². The zero-order valence-corrected chi connectivity index (χ0v) is 17.9. The van der Waals surface area contributed by atoms with Crippen LogP contribution in [0.1, 0.15) is 23.4 Å². The van der Waals surface area contributed by atoms with E-state index in [1.807, 2.05) is 18.2 Å². The van der Waals surface area contributed by atoms with Gasteiger partial charge in [0.15, 0.2) is 11.6 Å². The molecule has 0 bridgehead atoms. The van der Waals surface area contributed by atoms with Gasteiger partial charge in [0.05, 0.1) is 11.5 Å². The van der Waals surface area contributed by atoms with Crippen molar-refractivity contribution in [2.24, 2.45) is 0 Å². The van der Waals surface area contributed by atoms with Crippen LogP contribution in [0.25, 0.3) is 27.6 Å². The molecular formula is C23H20F2N4O2S. The molecule has 1 aliphatic rings.